The van der Waals surface area contributed by atoms with E-state index in [-0.39, 0.29) is 11.5 Å². The maximum Gasteiger partial charge on any atom is 0.294 e. The molecule has 0 spiro atoms. The first-order valence-corrected chi connectivity index (χ1v) is 10.9. The van der Waals surface area contributed by atoms with Crippen molar-refractivity contribution in [1.82, 2.24) is 19.6 Å². The number of aromatic nitrogens is 4. The molecule has 0 saturated heterocycles. The molecule has 1 aliphatic heterocycles. The van der Waals surface area contributed by atoms with Crippen molar-refractivity contribution in [2.24, 2.45) is 0 Å². The van der Waals surface area contributed by atoms with Crippen LogP contribution in [0.15, 0.2) is 35.1 Å². The molecule has 0 bridgehead atoms. The fraction of sp³-hybridized carbons (Fsp3) is 0.304. The smallest absolute Gasteiger partial charge is 0.294 e. The number of nitrogens with one attached hydrogen (secondary N) is 1. The van der Waals surface area contributed by atoms with Gasteiger partial charge in [0.1, 0.15) is 5.82 Å². The van der Waals surface area contributed by atoms with Crippen molar-refractivity contribution in [2.75, 3.05) is 11.4 Å². The second-order valence-electron chi connectivity index (χ2n) is 8.46. The molecule has 1 aliphatic carbocycles. The summed E-state index contributed by atoms with van der Waals surface area (Å²) in [5, 5.41) is 9.13. The summed E-state index contributed by atoms with van der Waals surface area (Å²) in [6.07, 6.45) is 4.06. The standard InChI is InChI=1S/C23H20ClN5O2/c1-12-9-19-17(25-22(30)21-27-26-20(29(19)21)13-3-2-4-13)11-16(12)23(31)28-8-7-14-10-15(24)5-6-18(14)28/h5-6,9-11,13H,2-4,7-8H2,1H3,(H,25,30). The van der Waals surface area contributed by atoms with Crippen molar-refractivity contribution >= 4 is 39.9 Å². The number of benzene rings is 2. The van der Waals surface area contributed by atoms with Crippen molar-refractivity contribution in [2.45, 2.75) is 38.5 Å². The molecule has 4 aromatic rings. The van der Waals surface area contributed by atoms with Crippen molar-refractivity contribution < 1.29 is 4.79 Å². The Hall–Kier alpha value is -3.19. The van der Waals surface area contributed by atoms with Gasteiger partial charge in [-0.1, -0.05) is 18.0 Å². The molecule has 7 nitrogen and oxygen atoms in total. The van der Waals surface area contributed by atoms with E-state index in [9.17, 15) is 9.59 Å². The highest BCUT2D eigenvalue weighted by atomic mass is 35.5. The molecule has 6 rings (SSSR count). The van der Waals surface area contributed by atoms with Gasteiger partial charge < -0.3 is 9.88 Å². The molecule has 1 amide bonds. The van der Waals surface area contributed by atoms with Crippen molar-refractivity contribution in [3.8, 4) is 0 Å². The van der Waals surface area contributed by atoms with Crippen LogP contribution in [-0.4, -0.2) is 32.0 Å². The zero-order chi connectivity index (χ0) is 21.3. The lowest BCUT2D eigenvalue weighted by Crippen LogP contribution is -2.29. The number of hydrogen-bond acceptors (Lipinski definition) is 4. The van der Waals surface area contributed by atoms with Crippen LogP contribution in [0.5, 0.6) is 0 Å². The summed E-state index contributed by atoms with van der Waals surface area (Å²) in [4.78, 5) is 30.8. The van der Waals surface area contributed by atoms with Gasteiger partial charge in [0, 0.05) is 28.7 Å². The van der Waals surface area contributed by atoms with Gasteiger partial charge in [-0.25, -0.2) is 0 Å². The Morgan fingerprint density at radius 3 is 2.81 bits per heavy atom. The molecule has 0 radical (unpaired) electrons. The minimum atomic E-state index is -0.297. The number of carbonyl (C=O) groups excluding carboxylic acids is 1. The number of halogens is 1. The highest BCUT2D eigenvalue weighted by Gasteiger charge is 2.29. The fourth-order valence-corrected chi connectivity index (χ4v) is 4.92. The van der Waals surface area contributed by atoms with Crippen LogP contribution >= 0.6 is 11.6 Å². The molecule has 31 heavy (non-hydrogen) atoms. The summed E-state index contributed by atoms with van der Waals surface area (Å²) in [5.41, 5.74) is 4.83. The molecule has 3 heterocycles. The first kappa shape index (κ1) is 18.6. The van der Waals surface area contributed by atoms with E-state index in [0.717, 1.165) is 47.4 Å². The minimum Gasteiger partial charge on any atom is -0.317 e. The van der Waals surface area contributed by atoms with Gasteiger partial charge in [-0.05, 0) is 67.6 Å². The van der Waals surface area contributed by atoms with Gasteiger partial charge in [-0.2, -0.15) is 0 Å². The summed E-state index contributed by atoms with van der Waals surface area (Å²) in [6.45, 7) is 2.54. The van der Waals surface area contributed by atoms with Crippen LogP contribution in [0, 0.1) is 6.92 Å². The molecule has 1 fully saturated rings. The first-order chi connectivity index (χ1) is 15.0. The van der Waals surface area contributed by atoms with E-state index in [0.29, 0.717) is 34.2 Å². The van der Waals surface area contributed by atoms with Gasteiger partial charge in [0.25, 0.3) is 11.5 Å². The molecule has 2 aromatic heterocycles. The number of hydrogen-bond donors (Lipinski definition) is 1. The largest absolute Gasteiger partial charge is 0.317 e. The van der Waals surface area contributed by atoms with E-state index in [4.69, 9.17) is 11.6 Å². The maximum absolute atomic E-state index is 13.5. The highest BCUT2D eigenvalue weighted by Crippen LogP contribution is 2.36. The molecule has 2 aliphatic rings. The van der Waals surface area contributed by atoms with Crippen LogP contribution in [0.2, 0.25) is 5.02 Å². The lowest BCUT2D eigenvalue weighted by molar-refractivity contribution is 0.0989. The molecule has 2 aromatic carbocycles. The monoisotopic (exact) mass is 433 g/mol. The van der Waals surface area contributed by atoms with E-state index in [1.165, 1.54) is 6.42 Å². The average Bonchev–Trinajstić information content (AvgIpc) is 3.31. The molecular weight excluding hydrogens is 414 g/mol. The van der Waals surface area contributed by atoms with Gasteiger partial charge in [-0.3, -0.25) is 14.0 Å². The van der Waals surface area contributed by atoms with E-state index in [2.05, 4.69) is 15.2 Å². The van der Waals surface area contributed by atoms with Crippen molar-refractivity contribution in [1.29, 1.82) is 0 Å². The number of rotatable bonds is 2. The van der Waals surface area contributed by atoms with E-state index in [1.54, 1.807) is 11.0 Å². The summed E-state index contributed by atoms with van der Waals surface area (Å²) in [5.74, 6) is 1.08. The van der Waals surface area contributed by atoms with E-state index in [1.807, 2.05) is 35.6 Å². The van der Waals surface area contributed by atoms with Crippen molar-refractivity contribution in [3.63, 3.8) is 0 Å². The zero-order valence-electron chi connectivity index (χ0n) is 17.0. The van der Waals surface area contributed by atoms with Crippen LogP contribution in [0.4, 0.5) is 5.69 Å². The molecular formula is C23H20ClN5O2. The van der Waals surface area contributed by atoms with Gasteiger partial charge in [0.15, 0.2) is 0 Å². The number of aryl methyl sites for hydroxylation is 1. The third-order valence-electron chi connectivity index (χ3n) is 6.61. The topological polar surface area (TPSA) is 83.4 Å². The SMILES string of the molecule is Cc1cc2c(cc1C(=O)N1CCc3cc(Cl)ccc31)[nH]c(=O)c1nnc(C3CCC3)n12. The number of nitrogens with zero attached hydrogens (tertiary/aromatic N) is 4. The van der Waals surface area contributed by atoms with E-state index >= 15 is 0 Å². The van der Waals surface area contributed by atoms with Crippen molar-refractivity contribution in [3.05, 3.63) is 68.2 Å². The number of amides is 1. The Labute approximate surface area is 182 Å². The number of aromatic amines is 1. The van der Waals surface area contributed by atoms with E-state index < -0.39 is 0 Å². The number of carbonyl (C=O) groups is 1. The fourth-order valence-electron chi connectivity index (χ4n) is 4.72. The third kappa shape index (κ3) is 2.73. The number of H-pyrrole nitrogens is 1. The number of fused-ring (bicyclic) bond motifs is 4. The Morgan fingerprint density at radius 1 is 1.19 bits per heavy atom. The summed E-state index contributed by atoms with van der Waals surface area (Å²) in [6, 6.07) is 9.36. The summed E-state index contributed by atoms with van der Waals surface area (Å²) in [7, 11) is 0. The lowest BCUT2D eigenvalue weighted by Gasteiger charge is -2.24. The summed E-state index contributed by atoms with van der Waals surface area (Å²) >= 11 is 6.11. The average molecular weight is 434 g/mol. The highest BCUT2D eigenvalue weighted by molar-refractivity contribution is 6.30. The molecule has 0 atom stereocenters. The summed E-state index contributed by atoms with van der Waals surface area (Å²) < 4.78 is 1.87. The Kier molecular flexibility index (Phi) is 3.99. The third-order valence-corrected chi connectivity index (χ3v) is 6.84. The van der Waals surface area contributed by atoms with Gasteiger partial charge in [-0.15, -0.1) is 10.2 Å². The van der Waals surface area contributed by atoms with Crippen LogP contribution in [-0.2, 0) is 6.42 Å². The predicted octanol–water partition coefficient (Wildman–Crippen LogP) is 4.00. The normalized spacial score (nSPS) is 16.1. The Balaban J connectivity index is 1.50. The first-order valence-electron chi connectivity index (χ1n) is 10.5. The van der Waals surface area contributed by atoms with Gasteiger partial charge in [0.05, 0.1) is 11.0 Å². The van der Waals surface area contributed by atoms with Crippen LogP contribution < -0.4 is 10.5 Å². The van der Waals surface area contributed by atoms with Crippen LogP contribution in [0.25, 0.3) is 16.7 Å². The lowest BCUT2D eigenvalue weighted by atomic mass is 9.85. The molecule has 8 heteroatoms. The molecule has 1 N–H and O–H groups in total. The van der Waals surface area contributed by atoms with Gasteiger partial charge in [0.2, 0.25) is 5.65 Å². The van der Waals surface area contributed by atoms with Crippen LogP contribution in [0.3, 0.4) is 0 Å². The zero-order valence-corrected chi connectivity index (χ0v) is 17.7. The minimum absolute atomic E-state index is 0.0793. The quantitative estimate of drug-likeness (QED) is 0.518. The van der Waals surface area contributed by atoms with Gasteiger partial charge >= 0.3 is 0 Å². The second kappa shape index (κ2) is 6.65. The molecule has 156 valence electrons. The van der Waals surface area contributed by atoms with Crippen LogP contribution in [0.1, 0.15) is 52.5 Å². The second-order valence-corrected chi connectivity index (χ2v) is 8.90. The molecule has 1 saturated carbocycles. The number of anilines is 1. The molecule has 0 unspecified atom stereocenters. The maximum atomic E-state index is 13.5. The predicted molar refractivity (Wildman–Crippen MR) is 119 cm³/mol. The Bertz CT molecular complexity index is 1450. The Morgan fingerprint density at radius 2 is 2.03 bits per heavy atom.